The minimum absolute atomic E-state index is 0.0467. The summed E-state index contributed by atoms with van der Waals surface area (Å²) in [6, 6.07) is 0.842. The number of hydrogen-bond donors (Lipinski definition) is 12. The first kappa shape index (κ1) is 58.0. The summed E-state index contributed by atoms with van der Waals surface area (Å²) >= 11 is 0. The van der Waals surface area contributed by atoms with Crippen LogP contribution in [0.3, 0.4) is 0 Å². The summed E-state index contributed by atoms with van der Waals surface area (Å²) in [6.07, 6.45) is -2.60. The highest BCUT2D eigenvalue weighted by molar-refractivity contribution is 7.50. The summed E-state index contributed by atoms with van der Waals surface area (Å²) in [7, 11) is -4.88. The summed E-state index contributed by atoms with van der Waals surface area (Å²) in [5, 5.41) is 74.3. The van der Waals surface area contributed by atoms with Gasteiger partial charge in [-0.1, -0.05) is 12.1 Å². The van der Waals surface area contributed by atoms with Crippen molar-refractivity contribution < 1.29 is 97.7 Å². The molecular weight excluding hydrogens is 931 g/mol. The molecule has 3 amide bonds. The average molecular weight is 991 g/mol. The van der Waals surface area contributed by atoms with Gasteiger partial charge < -0.3 is 56.6 Å². The molecule has 0 saturated carbocycles. The molecule has 2 rings (SSSR count). The predicted molar refractivity (Wildman–Crippen MR) is 231 cm³/mol. The Bertz CT molecular complexity index is 1940. The zero-order valence-electron chi connectivity index (χ0n) is 36.9. The van der Waals surface area contributed by atoms with Gasteiger partial charge in [-0.2, -0.15) is 0 Å². The van der Waals surface area contributed by atoms with Crippen molar-refractivity contribution in [2.75, 3.05) is 91.7 Å². The molecule has 4 atom stereocenters. The molecule has 1 aromatic rings. The van der Waals surface area contributed by atoms with Crippen molar-refractivity contribution in [1.29, 1.82) is 0 Å². The Morgan fingerprint density at radius 3 is 1.40 bits per heavy atom. The van der Waals surface area contributed by atoms with Gasteiger partial charge in [0.2, 0.25) is 11.8 Å². The smallest absolute Gasteiger partial charge is 0.403 e. The number of carboxylic acids is 7. The molecule has 1 aliphatic heterocycles. The lowest BCUT2D eigenvalue weighted by Crippen LogP contribution is -2.49. The molecule has 0 aliphatic carbocycles. The fraction of sp³-hybridized carbons (Fsp3) is 0.590. The minimum Gasteiger partial charge on any atom is -0.481 e. The number of rotatable bonds is 29. The monoisotopic (exact) mass is 990 g/mol. The van der Waals surface area contributed by atoms with E-state index in [-0.39, 0.29) is 96.6 Å². The normalized spacial score (nSPS) is 16.8. The fourth-order valence-corrected chi connectivity index (χ4v) is 7.61. The molecule has 1 heterocycles. The third kappa shape index (κ3) is 24.6. The Morgan fingerprint density at radius 2 is 0.971 bits per heavy atom. The van der Waals surface area contributed by atoms with Crippen LogP contribution in [0.2, 0.25) is 0 Å². The second-order valence-corrected chi connectivity index (χ2v) is 17.1. The number of carbonyl (C=O) groups excluding carboxylic acids is 3. The van der Waals surface area contributed by atoms with Crippen molar-refractivity contribution in [3.63, 3.8) is 0 Å². The third-order valence-electron chi connectivity index (χ3n) is 10.2. The van der Waals surface area contributed by atoms with Gasteiger partial charge in [0.15, 0.2) is 0 Å². The SMILES string of the molecule is O=C(O)CC[C@H](NP(=O)(O)OCCC(NC(=O)CC[C@@H](NC(=O)c1ccc(CCNC(=O)CN2CCN(CC(=O)O)CCN(CC(=O)O)CCN(CC(=O)O)CC2)cc1)C(=O)O)C(=O)O)C(=O)O. The van der Waals surface area contributed by atoms with Crippen LogP contribution >= 0.6 is 7.75 Å². The number of nitrogens with zero attached hydrogens (tertiary/aromatic N) is 4. The number of aliphatic carboxylic acids is 7. The van der Waals surface area contributed by atoms with Crippen molar-refractivity contribution in [2.24, 2.45) is 0 Å². The molecule has 380 valence electrons. The van der Waals surface area contributed by atoms with Gasteiger partial charge in [-0.15, -0.1) is 0 Å². The highest BCUT2D eigenvalue weighted by Gasteiger charge is 2.31. The van der Waals surface area contributed by atoms with Gasteiger partial charge in [0.25, 0.3) is 5.91 Å². The highest BCUT2D eigenvalue weighted by Crippen LogP contribution is 2.38. The molecule has 28 nitrogen and oxygen atoms in total. The largest absolute Gasteiger partial charge is 0.481 e. The highest BCUT2D eigenvalue weighted by atomic mass is 31.2. The van der Waals surface area contributed by atoms with Gasteiger partial charge in [-0.25, -0.2) is 19.2 Å². The number of hydrogen-bond acceptors (Lipinski definition) is 16. The summed E-state index contributed by atoms with van der Waals surface area (Å²) in [6.45, 7) is 0.176. The maximum atomic E-state index is 13.0. The third-order valence-corrected chi connectivity index (χ3v) is 11.3. The number of carbonyl (C=O) groups is 10. The zero-order valence-corrected chi connectivity index (χ0v) is 37.8. The number of amides is 3. The molecule has 0 bridgehead atoms. The molecule has 2 unspecified atom stereocenters. The van der Waals surface area contributed by atoms with Crippen LogP contribution in [0.4, 0.5) is 0 Å². The Balaban J connectivity index is 1.91. The lowest BCUT2D eigenvalue weighted by Gasteiger charge is -2.32. The molecule has 68 heavy (non-hydrogen) atoms. The summed E-state index contributed by atoms with van der Waals surface area (Å²) in [5.41, 5.74) is 0.729. The molecule has 1 fully saturated rings. The van der Waals surface area contributed by atoms with E-state index in [1.165, 1.54) is 12.1 Å². The Hall–Kier alpha value is -6.13. The average Bonchev–Trinajstić information content (AvgIpc) is 3.23. The van der Waals surface area contributed by atoms with Gasteiger partial charge in [0, 0.05) is 83.7 Å². The first-order valence-electron chi connectivity index (χ1n) is 21.1. The van der Waals surface area contributed by atoms with Gasteiger partial charge in [-0.3, -0.25) is 62.5 Å². The number of carboxylic acid groups (broad SMARTS) is 7. The Morgan fingerprint density at radius 1 is 0.544 bits per heavy atom. The van der Waals surface area contributed by atoms with E-state index >= 15 is 0 Å². The van der Waals surface area contributed by atoms with Crippen molar-refractivity contribution >= 4 is 67.3 Å². The van der Waals surface area contributed by atoms with Crippen LogP contribution in [0.25, 0.3) is 0 Å². The van der Waals surface area contributed by atoms with Crippen LogP contribution in [0, 0.1) is 0 Å². The van der Waals surface area contributed by atoms with Crippen molar-refractivity contribution in [2.45, 2.75) is 56.7 Å². The molecule has 0 radical (unpaired) electrons. The second kappa shape index (κ2) is 29.6. The van der Waals surface area contributed by atoms with Crippen LogP contribution in [-0.4, -0.2) is 230 Å². The van der Waals surface area contributed by atoms with Crippen molar-refractivity contribution in [3.8, 4) is 0 Å². The van der Waals surface area contributed by atoms with E-state index in [0.29, 0.717) is 12.0 Å². The fourth-order valence-electron chi connectivity index (χ4n) is 6.55. The maximum absolute atomic E-state index is 13.0. The van der Waals surface area contributed by atoms with Crippen molar-refractivity contribution in [3.05, 3.63) is 35.4 Å². The van der Waals surface area contributed by atoms with Crippen molar-refractivity contribution in [1.82, 2.24) is 40.6 Å². The van der Waals surface area contributed by atoms with E-state index in [0.717, 1.165) is 0 Å². The van der Waals surface area contributed by atoms with E-state index in [4.69, 9.17) is 14.7 Å². The van der Waals surface area contributed by atoms with Gasteiger partial charge in [0.05, 0.1) is 32.8 Å². The second-order valence-electron chi connectivity index (χ2n) is 15.5. The number of benzene rings is 1. The summed E-state index contributed by atoms with van der Waals surface area (Å²) in [5.74, 6) is -11.5. The summed E-state index contributed by atoms with van der Waals surface area (Å²) < 4.78 is 17.0. The minimum atomic E-state index is -4.88. The van der Waals surface area contributed by atoms with Crippen LogP contribution in [0.15, 0.2) is 24.3 Å². The molecule has 29 heteroatoms. The molecule has 1 saturated heterocycles. The van der Waals surface area contributed by atoms with Crippen LogP contribution in [0.5, 0.6) is 0 Å². The lowest BCUT2D eigenvalue weighted by molar-refractivity contribution is -0.143. The Kier molecular flexibility index (Phi) is 25.2. The molecule has 1 aliphatic rings. The topological polar surface area (TPSA) is 420 Å². The first-order chi connectivity index (χ1) is 31.9. The Labute approximate surface area is 388 Å². The first-order valence-corrected chi connectivity index (χ1v) is 22.7. The molecular formula is C39H59N8O20P. The van der Waals surface area contributed by atoms with E-state index < -0.39 is 118 Å². The van der Waals surface area contributed by atoms with Gasteiger partial charge >= 0.3 is 49.5 Å². The predicted octanol–water partition coefficient (Wildman–Crippen LogP) is -3.23. The van der Waals surface area contributed by atoms with Crippen LogP contribution in [0.1, 0.15) is 48.0 Å². The molecule has 0 spiro atoms. The van der Waals surface area contributed by atoms with E-state index in [2.05, 4.69) is 16.0 Å². The standard InChI is InChI=1S/C39H59N8O20P/c48-30(41-28(38(61)62)10-20-67-68(65,66)43-29(39(63)64)6-8-32(50)51)7-5-27(37(59)60)42-36(58)26-3-1-25(2-4-26)9-11-40-31(49)21-44-12-14-45(22-33(52)53)16-18-47(24-35(56)57)19-17-46(15-13-44)23-34(54)55/h1-4,27-29H,5-24H2,(H,40,49)(H,41,48)(H,42,58)(H,50,51)(H,52,53)(H,54,55)(H,56,57)(H,59,60)(H,61,62)(H,63,64)(H2,43,65,66)/t27-,28?,29+/m1/s1. The zero-order chi connectivity index (χ0) is 51.0. The maximum Gasteiger partial charge on any atom is 0.403 e. The van der Waals surface area contributed by atoms with Crippen LogP contribution in [-0.2, 0) is 58.7 Å². The van der Waals surface area contributed by atoms with Crippen LogP contribution < -0.4 is 21.0 Å². The quantitative estimate of drug-likeness (QED) is 0.0351. The lowest BCUT2D eigenvalue weighted by atomic mass is 10.1. The molecule has 1 aromatic carbocycles. The van der Waals surface area contributed by atoms with Gasteiger partial charge in [-0.05, 0) is 37.0 Å². The molecule has 0 aromatic heterocycles. The van der Waals surface area contributed by atoms with E-state index in [9.17, 15) is 82.9 Å². The van der Waals surface area contributed by atoms with Gasteiger partial charge in [0.1, 0.15) is 18.1 Å². The summed E-state index contributed by atoms with van der Waals surface area (Å²) in [4.78, 5) is 135. The molecule has 12 N–H and O–H groups in total. The van der Waals surface area contributed by atoms with E-state index in [1.54, 1.807) is 36.8 Å². The number of nitrogens with one attached hydrogen (secondary N) is 4. The van der Waals surface area contributed by atoms with E-state index in [1.807, 2.05) is 0 Å².